The Hall–Kier alpha value is -3.61. The fraction of sp³-hybridized carbons (Fsp3) is 0.357. The quantitative estimate of drug-likeness (QED) is 0.269. The average Bonchev–Trinajstić information content (AvgIpc) is 3.53. The number of nitrogens with one attached hydrogen (secondary N) is 1. The molecule has 1 aromatic heterocycles. The van der Waals surface area contributed by atoms with Gasteiger partial charge in [0.2, 0.25) is 5.88 Å². The van der Waals surface area contributed by atoms with Gasteiger partial charge in [0.15, 0.2) is 11.6 Å². The van der Waals surface area contributed by atoms with Gasteiger partial charge in [-0.3, -0.25) is 15.4 Å². The molecule has 0 saturated carbocycles. The highest BCUT2D eigenvalue weighted by atomic mass is 32.2. The lowest BCUT2D eigenvalue weighted by atomic mass is 9.98. The minimum atomic E-state index is -0.800. The first kappa shape index (κ1) is 32.6. The maximum absolute atomic E-state index is 13.2. The van der Waals surface area contributed by atoms with Crippen LogP contribution in [0.2, 0.25) is 0 Å². The van der Waals surface area contributed by atoms with Gasteiger partial charge in [-0.25, -0.2) is 18.3 Å². The first-order chi connectivity index (χ1) is 19.2. The van der Waals surface area contributed by atoms with Crippen molar-refractivity contribution < 1.29 is 18.3 Å². The van der Waals surface area contributed by atoms with Gasteiger partial charge in [-0.1, -0.05) is 50.1 Å². The van der Waals surface area contributed by atoms with E-state index in [0.29, 0.717) is 24.8 Å². The molecule has 1 saturated heterocycles. The van der Waals surface area contributed by atoms with Crippen LogP contribution in [-0.4, -0.2) is 47.0 Å². The number of aromatic nitrogens is 2. The van der Waals surface area contributed by atoms with Crippen LogP contribution in [0.25, 0.3) is 5.69 Å². The van der Waals surface area contributed by atoms with E-state index in [1.807, 2.05) is 58.0 Å². The van der Waals surface area contributed by atoms with E-state index in [9.17, 15) is 13.6 Å². The Bertz CT molecular complexity index is 1250. The number of ether oxygens (including phenoxy) is 1. The van der Waals surface area contributed by atoms with Crippen molar-refractivity contribution in [1.82, 2.24) is 14.7 Å². The lowest BCUT2D eigenvalue weighted by Crippen LogP contribution is -2.25. The summed E-state index contributed by atoms with van der Waals surface area (Å²) in [7, 11) is 0. The summed E-state index contributed by atoms with van der Waals surface area (Å²) in [6.07, 6.45) is 0.925. The van der Waals surface area contributed by atoms with Crippen molar-refractivity contribution in [2.75, 3.05) is 31.6 Å². The molecule has 3 aromatic rings. The van der Waals surface area contributed by atoms with Gasteiger partial charge < -0.3 is 16.2 Å². The van der Waals surface area contributed by atoms with Gasteiger partial charge >= 0.3 is 6.03 Å². The molecule has 0 spiro atoms. The highest BCUT2D eigenvalue weighted by molar-refractivity contribution is 8.00. The van der Waals surface area contributed by atoms with Gasteiger partial charge in [-0.15, -0.1) is 5.10 Å². The van der Waals surface area contributed by atoms with Gasteiger partial charge in [-0.2, -0.15) is 0 Å². The molecule has 2 amide bonds. The number of hydrogen-bond donors (Lipinski definition) is 4. The van der Waals surface area contributed by atoms with Crippen molar-refractivity contribution >= 4 is 23.8 Å². The Kier molecular flexibility index (Phi) is 13.4. The molecule has 40 heavy (non-hydrogen) atoms. The van der Waals surface area contributed by atoms with E-state index in [-0.39, 0.29) is 5.92 Å². The summed E-state index contributed by atoms with van der Waals surface area (Å²) >= 11 is 1.09. The number of nitrogens with two attached hydrogens (primary N) is 3. The zero-order valence-electron chi connectivity index (χ0n) is 23.4. The number of carbonyl (C=O) groups is 1. The molecular formula is C28H39F2N7O2S. The number of halogens is 2. The molecule has 1 aliphatic rings. The minimum absolute atomic E-state index is 0.230. The number of nitrogens with zero attached hydrogens (tertiary/aromatic N) is 3. The summed E-state index contributed by atoms with van der Waals surface area (Å²) in [5.41, 5.74) is 14.1. The summed E-state index contributed by atoms with van der Waals surface area (Å²) < 4.78 is 33.1. The van der Waals surface area contributed by atoms with Crippen LogP contribution in [0, 0.1) is 18.6 Å². The third-order valence-corrected chi connectivity index (χ3v) is 6.35. The molecule has 0 radical (unpaired) electrons. The van der Waals surface area contributed by atoms with Crippen LogP contribution in [0.1, 0.15) is 44.2 Å². The molecule has 218 valence electrons. The highest BCUT2D eigenvalue weighted by Gasteiger charge is 2.24. The van der Waals surface area contributed by atoms with E-state index >= 15 is 0 Å². The third-order valence-electron chi connectivity index (χ3n) is 5.92. The van der Waals surface area contributed by atoms with Crippen LogP contribution in [0.4, 0.5) is 19.4 Å². The topological polar surface area (TPSA) is 137 Å². The fourth-order valence-corrected chi connectivity index (χ4v) is 4.42. The van der Waals surface area contributed by atoms with Crippen molar-refractivity contribution in [1.29, 1.82) is 0 Å². The first-order valence-corrected chi connectivity index (χ1v) is 14.0. The number of primary amides is 1. The molecule has 0 bridgehead atoms. The van der Waals surface area contributed by atoms with Crippen molar-refractivity contribution in [3.63, 3.8) is 0 Å². The fourth-order valence-electron chi connectivity index (χ4n) is 4.17. The molecule has 2 heterocycles. The number of para-hydroxylation sites is 1. The number of anilines is 1. The smallest absolute Gasteiger partial charge is 0.317 e. The molecule has 4 rings (SSSR count). The summed E-state index contributed by atoms with van der Waals surface area (Å²) in [5, 5.41) is 14.0. The molecule has 1 aliphatic heterocycles. The predicted molar refractivity (Wildman–Crippen MR) is 158 cm³/mol. The Morgan fingerprint density at radius 1 is 1.18 bits per heavy atom. The number of amides is 2. The lowest BCUT2D eigenvalue weighted by Gasteiger charge is -2.16. The Balaban J connectivity index is 0.000000264. The van der Waals surface area contributed by atoms with Crippen LogP contribution < -0.4 is 26.7 Å². The Morgan fingerprint density at radius 2 is 1.88 bits per heavy atom. The van der Waals surface area contributed by atoms with Gasteiger partial charge in [0.1, 0.15) is 5.82 Å². The predicted octanol–water partition coefficient (Wildman–Crippen LogP) is 5.26. The number of carbonyl (C=O) groups excluding carboxylic acids is 1. The van der Waals surface area contributed by atoms with Crippen molar-refractivity contribution in [2.24, 2.45) is 16.6 Å². The van der Waals surface area contributed by atoms with Crippen LogP contribution in [0.15, 0.2) is 59.6 Å². The molecule has 7 N–H and O–H groups in total. The molecule has 0 aliphatic carbocycles. The zero-order chi connectivity index (χ0) is 29.7. The van der Waals surface area contributed by atoms with E-state index in [0.717, 1.165) is 54.0 Å². The normalized spacial score (nSPS) is 15.0. The second-order valence-electron chi connectivity index (χ2n) is 8.67. The number of hydrogen-bond acceptors (Lipinski definition) is 7. The van der Waals surface area contributed by atoms with Crippen LogP contribution in [0.3, 0.4) is 0 Å². The summed E-state index contributed by atoms with van der Waals surface area (Å²) in [5.74, 6) is -0.355. The molecule has 2 aromatic carbocycles. The van der Waals surface area contributed by atoms with Crippen LogP contribution >= 0.6 is 11.9 Å². The van der Waals surface area contributed by atoms with Gasteiger partial charge in [0.25, 0.3) is 0 Å². The van der Waals surface area contributed by atoms with Gasteiger partial charge in [-0.05, 0) is 62.6 Å². The monoisotopic (exact) mass is 575 g/mol. The van der Waals surface area contributed by atoms with Crippen molar-refractivity contribution in [2.45, 2.75) is 40.0 Å². The number of likely N-dealkylation sites (tertiary alicyclic amines) is 1. The Morgan fingerprint density at radius 3 is 2.48 bits per heavy atom. The number of benzene rings is 2. The lowest BCUT2D eigenvalue weighted by molar-refractivity contribution is 0.259. The number of urea groups is 1. The summed E-state index contributed by atoms with van der Waals surface area (Å²) in [4.78, 5) is 13.3. The van der Waals surface area contributed by atoms with E-state index in [1.165, 1.54) is 12.1 Å². The maximum atomic E-state index is 13.2. The van der Waals surface area contributed by atoms with E-state index < -0.39 is 17.7 Å². The van der Waals surface area contributed by atoms with Gasteiger partial charge in [0, 0.05) is 24.2 Å². The SMILES string of the molecule is CC.CCOc1nn(-c2ccccc2)c(NC(N)=O)c1C.NS/C=C(\N)CN1CCC(c2ccc(F)c(F)c2)C1. The highest BCUT2D eigenvalue weighted by Crippen LogP contribution is 2.29. The molecule has 1 unspecified atom stereocenters. The maximum Gasteiger partial charge on any atom is 0.317 e. The van der Waals surface area contributed by atoms with Crippen molar-refractivity contribution in [3.05, 3.63) is 82.4 Å². The molecule has 9 nitrogen and oxygen atoms in total. The average molecular weight is 576 g/mol. The first-order valence-electron chi connectivity index (χ1n) is 13.0. The molecule has 1 fully saturated rings. The summed E-state index contributed by atoms with van der Waals surface area (Å²) in [6.45, 7) is 10.6. The molecule has 1 atom stereocenters. The molecular weight excluding hydrogens is 536 g/mol. The largest absolute Gasteiger partial charge is 0.477 e. The van der Waals surface area contributed by atoms with E-state index in [4.69, 9.17) is 21.3 Å². The van der Waals surface area contributed by atoms with Crippen LogP contribution in [-0.2, 0) is 0 Å². The molecule has 12 heteroatoms. The second-order valence-corrected chi connectivity index (χ2v) is 9.18. The number of rotatable bonds is 8. The van der Waals surface area contributed by atoms with E-state index in [1.54, 1.807) is 16.2 Å². The standard InChI is InChI=1S/C13H17F2N3S.C13H16N4O2.C2H6/c14-12-2-1-9(5-13(12)15)10-3-4-18(6-10)7-11(16)8-19-17;1-3-19-12-9(2)11(15-13(14)18)17(16-12)10-7-5-4-6-8-10;1-2/h1-2,5,8,10H,3-4,6-7,16-17H2;4-8H,3H2,1-2H3,(H3,14,15,18);1-2H3/b11-8-;;. The van der Waals surface area contributed by atoms with Crippen molar-refractivity contribution in [3.8, 4) is 11.6 Å². The van der Waals surface area contributed by atoms with E-state index in [2.05, 4.69) is 15.3 Å². The summed E-state index contributed by atoms with van der Waals surface area (Å²) in [6, 6.07) is 12.9. The zero-order valence-corrected chi connectivity index (χ0v) is 24.2. The minimum Gasteiger partial charge on any atom is -0.477 e. The van der Waals surface area contributed by atoms with Crippen LogP contribution in [0.5, 0.6) is 5.88 Å². The third kappa shape index (κ3) is 9.25. The Labute approximate surface area is 238 Å². The second kappa shape index (κ2) is 16.5. The van der Waals surface area contributed by atoms with Gasteiger partial charge in [0.05, 0.1) is 17.9 Å².